The first-order valence-electron chi connectivity index (χ1n) is 9.33. The minimum absolute atomic E-state index is 0.00278. The van der Waals surface area contributed by atoms with E-state index >= 15 is 0 Å². The fourth-order valence-electron chi connectivity index (χ4n) is 3.46. The van der Waals surface area contributed by atoms with E-state index in [4.69, 9.17) is 19.2 Å². The third-order valence-electron chi connectivity index (χ3n) is 4.89. The summed E-state index contributed by atoms with van der Waals surface area (Å²) in [5.41, 5.74) is 3.22. The fourth-order valence-corrected chi connectivity index (χ4v) is 3.46. The van der Waals surface area contributed by atoms with Crippen LogP contribution < -0.4 is 9.47 Å². The van der Waals surface area contributed by atoms with E-state index in [1.54, 1.807) is 14.2 Å². The summed E-state index contributed by atoms with van der Waals surface area (Å²) >= 11 is 0. The minimum atomic E-state index is -0.131. The molecule has 0 spiro atoms. The van der Waals surface area contributed by atoms with Crippen molar-refractivity contribution in [1.29, 1.82) is 0 Å². The van der Waals surface area contributed by atoms with Crippen molar-refractivity contribution in [1.82, 2.24) is 0 Å². The van der Waals surface area contributed by atoms with Crippen molar-refractivity contribution in [2.75, 3.05) is 14.2 Å². The number of ether oxygens (including phenoxy) is 3. The van der Waals surface area contributed by atoms with Crippen LogP contribution in [-0.4, -0.2) is 26.2 Å². The average Bonchev–Trinajstić information content (AvgIpc) is 3.18. The van der Waals surface area contributed by atoms with Gasteiger partial charge in [0.25, 0.3) is 0 Å². The molecule has 4 rings (SSSR count). The Labute approximate surface area is 165 Å². The van der Waals surface area contributed by atoms with Crippen molar-refractivity contribution in [3.05, 3.63) is 95.6 Å². The van der Waals surface area contributed by atoms with Crippen LogP contribution in [0.5, 0.6) is 11.5 Å². The molecule has 0 fully saturated rings. The van der Waals surface area contributed by atoms with E-state index < -0.39 is 0 Å². The Kier molecular flexibility index (Phi) is 5.29. The molecular formula is C24H23NO3. The number of hydrogen-bond donors (Lipinski definition) is 0. The van der Waals surface area contributed by atoms with Gasteiger partial charge >= 0.3 is 0 Å². The normalized spacial score (nSPS) is 18.3. The van der Waals surface area contributed by atoms with Crippen LogP contribution in [0.1, 0.15) is 22.8 Å². The van der Waals surface area contributed by atoms with Gasteiger partial charge in [-0.3, -0.25) is 0 Å². The molecule has 1 aliphatic heterocycles. The lowest BCUT2D eigenvalue weighted by Gasteiger charge is -2.18. The Bertz CT molecular complexity index is 932. The summed E-state index contributed by atoms with van der Waals surface area (Å²) < 4.78 is 17.2. The summed E-state index contributed by atoms with van der Waals surface area (Å²) in [6.45, 7) is 0. The Morgan fingerprint density at radius 1 is 0.821 bits per heavy atom. The van der Waals surface area contributed by atoms with Crippen LogP contribution in [0.4, 0.5) is 0 Å². The molecule has 1 heterocycles. The van der Waals surface area contributed by atoms with E-state index in [0.717, 1.165) is 17.5 Å². The van der Waals surface area contributed by atoms with Crippen LogP contribution in [-0.2, 0) is 11.2 Å². The van der Waals surface area contributed by atoms with E-state index in [9.17, 15) is 0 Å². The Morgan fingerprint density at radius 3 is 2.04 bits per heavy atom. The number of nitrogens with zero attached hydrogens (tertiary/aromatic N) is 1. The molecule has 0 aliphatic carbocycles. The monoisotopic (exact) mass is 373 g/mol. The molecule has 28 heavy (non-hydrogen) atoms. The Morgan fingerprint density at radius 2 is 1.43 bits per heavy atom. The van der Waals surface area contributed by atoms with E-state index in [-0.39, 0.29) is 12.1 Å². The molecule has 0 aromatic heterocycles. The maximum Gasteiger partial charge on any atom is 0.217 e. The summed E-state index contributed by atoms with van der Waals surface area (Å²) in [6, 6.07) is 26.3. The van der Waals surface area contributed by atoms with Crippen LogP contribution in [0.2, 0.25) is 0 Å². The first kappa shape index (κ1) is 18.1. The van der Waals surface area contributed by atoms with Gasteiger partial charge in [-0.1, -0.05) is 60.7 Å². The first-order valence-corrected chi connectivity index (χ1v) is 9.33. The highest BCUT2D eigenvalue weighted by molar-refractivity contribution is 5.96. The van der Waals surface area contributed by atoms with Gasteiger partial charge in [-0.25, -0.2) is 4.99 Å². The van der Waals surface area contributed by atoms with Gasteiger partial charge in [-0.05, 0) is 29.7 Å². The fraction of sp³-hybridized carbons (Fsp3) is 0.208. The van der Waals surface area contributed by atoms with Gasteiger partial charge in [-0.2, -0.15) is 0 Å². The van der Waals surface area contributed by atoms with Crippen LogP contribution >= 0.6 is 0 Å². The molecule has 0 saturated carbocycles. The molecule has 4 heteroatoms. The zero-order chi connectivity index (χ0) is 19.3. The summed E-state index contributed by atoms with van der Waals surface area (Å²) in [5.74, 6) is 2.04. The molecule has 0 amide bonds. The van der Waals surface area contributed by atoms with E-state index in [1.807, 2.05) is 42.5 Å². The molecule has 0 radical (unpaired) electrons. The molecule has 2 unspecified atom stereocenters. The standard InChI is InChI=1S/C24H23NO3/c1-26-20-14-19(15-21(16-20)27-2)24-25-22(13-17-9-5-3-6-10-17)23(28-24)18-11-7-4-8-12-18/h3-12,14-16,22-23H,13H2,1-2H3. The second kappa shape index (κ2) is 8.17. The van der Waals surface area contributed by atoms with Crippen LogP contribution in [0, 0.1) is 0 Å². The predicted molar refractivity (Wildman–Crippen MR) is 110 cm³/mol. The zero-order valence-electron chi connectivity index (χ0n) is 16.0. The predicted octanol–water partition coefficient (Wildman–Crippen LogP) is 4.83. The molecule has 4 nitrogen and oxygen atoms in total. The summed E-state index contributed by atoms with van der Waals surface area (Å²) in [7, 11) is 3.28. The summed E-state index contributed by atoms with van der Waals surface area (Å²) in [5, 5.41) is 0. The lowest BCUT2D eigenvalue weighted by molar-refractivity contribution is 0.195. The highest BCUT2D eigenvalue weighted by atomic mass is 16.5. The van der Waals surface area contributed by atoms with Crippen molar-refractivity contribution >= 4 is 5.90 Å². The van der Waals surface area contributed by atoms with Crippen LogP contribution in [0.25, 0.3) is 0 Å². The van der Waals surface area contributed by atoms with Gasteiger partial charge in [-0.15, -0.1) is 0 Å². The van der Waals surface area contributed by atoms with Crippen LogP contribution in [0.3, 0.4) is 0 Å². The molecule has 0 saturated heterocycles. The van der Waals surface area contributed by atoms with Gasteiger partial charge < -0.3 is 14.2 Å². The average molecular weight is 373 g/mol. The highest BCUT2D eigenvalue weighted by Gasteiger charge is 2.33. The Hall–Kier alpha value is -3.27. The molecule has 3 aromatic carbocycles. The van der Waals surface area contributed by atoms with Gasteiger partial charge in [0.15, 0.2) is 0 Å². The largest absolute Gasteiger partial charge is 0.497 e. The lowest BCUT2D eigenvalue weighted by Crippen LogP contribution is -2.17. The van der Waals surface area contributed by atoms with E-state index in [2.05, 4.69) is 36.4 Å². The first-order chi connectivity index (χ1) is 13.8. The third-order valence-corrected chi connectivity index (χ3v) is 4.89. The van der Waals surface area contributed by atoms with Crippen molar-refractivity contribution < 1.29 is 14.2 Å². The summed E-state index contributed by atoms with van der Waals surface area (Å²) in [6.07, 6.45) is 0.680. The summed E-state index contributed by atoms with van der Waals surface area (Å²) in [4.78, 5) is 4.95. The van der Waals surface area contributed by atoms with Gasteiger partial charge in [0, 0.05) is 11.6 Å². The Balaban J connectivity index is 1.69. The molecule has 0 bridgehead atoms. The number of methoxy groups -OCH3 is 2. The second-order valence-electron chi connectivity index (χ2n) is 6.74. The number of aliphatic imine (C=N–C) groups is 1. The minimum Gasteiger partial charge on any atom is -0.497 e. The molecule has 0 N–H and O–H groups in total. The zero-order valence-corrected chi connectivity index (χ0v) is 16.0. The molecule has 1 aliphatic rings. The highest BCUT2D eigenvalue weighted by Crippen LogP contribution is 2.34. The van der Waals surface area contributed by atoms with Crippen molar-refractivity contribution in [2.24, 2.45) is 4.99 Å². The SMILES string of the molecule is COc1cc(OC)cc(C2=NC(Cc3ccccc3)C(c3ccccc3)O2)c1. The van der Waals surface area contributed by atoms with Crippen molar-refractivity contribution in [3.63, 3.8) is 0 Å². The molecule has 3 aromatic rings. The maximum atomic E-state index is 6.36. The van der Waals surface area contributed by atoms with E-state index in [1.165, 1.54) is 5.56 Å². The molecular weight excluding hydrogens is 350 g/mol. The van der Waals surface area contributed by atoms with Crippen molar-refractivity contribution in [2.45, 2.75) is 18.6 Å². The van der Waals surface area contributed by atoms with Gasteiger partial charge in [0.1, 0.15) is 17.6 Å². The molecule has 2 atom stereocenters. The van der Waals surface area contributed by atoms with Gasteiger partial charge in [0.05, 0.1) is 20.3 Å². The number of hydrogen-bond acceptors (Lipinski definition) is 4. The van der Waals surface area contributed by atoms with Gasteiger partial charge in [0.2, 0.25) is 5.90 Å². The smallest absolute Gasteiger partial charge is 0.217 e. The second-order valence-corrected chi connectivity index (χ2v) is 6.74. The van der Waals surface area contributed by atoms with E-state index in [0.29, 0.717) is 17.4 Å². The number of rotatable bonds is 6. The topological polar surface area (TPSA) is 40.0 Å². The lowest BCUT2D eigenvalue weighted by atomic mass is 9.97. The third kappa shape index (κ3) is 3.86. The van der Waals surface area contributed by atoms with Crippen molar-refractivity contribution in [3.8, 4) is 11.5 Å². The maximum absolute atomic E-state index is 6.36. The van der Waals surface area contributed by atoms with Crippen LogP contribution in [0.15, 0.2) is 83.9 Å². The molecule has 142 valence electrons. The quantitative estimate of drug-likeness (QED) is 0.621. The number of benzene rings is 3.